The second-order valence-corrected chi connectivity index (χ2v) is 7.14. The Bertz CT molecular complexity index is 595. The van der Waals surface area contributed by atoms with E-state index in [9.17, 15) is 14.7 Å². The Kier molecular flexibility index (Phi) is 4.42. The second kappa shape index (κ2) is 6.34. The Hall–Kier alpha value is -1.84. The zero-order valence-corrected chi connectivity index (χ0v) is 13.9. The quantitative estimate of drug-likeness (QED) is 0.930. The van der Waals surface area contributed by atoms with Gasteiger partial charge in [0.05, 0.1) is 17.9 Å². The number of aryl methyl sites for hydroxylation is 1. The summed E-state index contributed by atoms with van der Waals surface area (Å²) in [4.78, 5) is 26.2. The van der Waals surface area contributed by atoms with Crippen molar-refractivity contribution >= 4 is 11.9 Å². The monoisotopic (exact) mass is 315 g/mol. The van der Waals surface area contributed by atoms with E-state index in [4.69, 9.17) is 0 Å². The molecule has 124 valence electrons. The number of piperidine rings is 1. The average Bonchev–Trinajstić information content (AvgIpc) is 2.46. The van der Waals surface area contributed by atoms with E-state index in [-0.39, 0.29) is 17.9 Å². The van der Waals surface area contributed by atoms with E-state index in [2.05, 4.69) is 38.1 Å². The highest BCUT2D eigenvalue weighted by Crippen LogP contribution is 2.41. The summed E-state index contributed by atoms with van der Waals surface area (Å²) in [5.41, 5.74) is 2.38. The number of benzene rings is 1. The van der Waals surface area contributed by atoms with Crippen LogP contribution in [0.1, 0.15) is 49.8 Å². The first kappa shape index (κ1) is 16.0. The number of carboxylic acid groups (broad SMARTS) is 1. The van der Waals surface area contributed by atoms with Gasteiger partial charge in [0.25, 0.3) is 0 Å². The predicted octanol–water partition coefficient (Wildman–Crippen LogP) is 3.41. The number of aliphatic carboxylic acids is 1. The maximum atomic E-state index is 13.0. The standard InChI is InChI=1S/C19H25NO3/c1-12-5-7-14(8-6-12)17-13(2)4-3-11-20(17)18(21)15-9-10-16(15)19(22)23/h5-8,13,15-17H,3-4,9-11H2,1-2H3,(H,22,23). The molecule has 2 fully saturated rings. The summed E-state index contributed by atoms with van der Waals surface area (Å²) < 4.78 is 0. The summed E-state index contributed by atoms with van der Waals surface area (Å²) in [6.45, 7) is 4.99. The van der Waals surface area contributed by atoms with Crippen molar-refractivity contribution in [2.24, 2.45) is 17.8 Å². The zero-order valence-electron chi connectivity index (χ0n) is 13.9. The molecule has 4 unspecified atom stereocenters. The van der Waals surface area contributed by atoms with Crippen molar-refractivity contribution < 1.29 is 14.7 Å². The molecular weight excluding hydrogens is 290 g/mol. The number of carbonyl (C=O) groups is 2. The summed E-state index contributed by atoms with van der Waals surface area (Å²) in [7, 11) is 0. The van der Waals surface area contributed by atoms with Gasteiger partial charge in [-0.2, -0.15) is 0 Å². The van der Waals surface area contributed by atoms with E-state index in [1.54, 1.807) is 0 Å². The molecule has 1 saturated heterocycles. The van der Waals surface area contributed by atoms with E-state index in [0.717, 1.165) is 19.4 Å². The van der Waals surface area contributed by atoms with Crippen molar-refractivity contribution in [1.29, 1.82) is 0 Å². The first-order valence-electron chi connectivity index (χ1n) is 8.59. The number of carbonyl (C=O) groups excluding carboxylic acids is 1. The number of nitrogens with zero attached hydrogens (tertiary/aromatic N) is 1. The number of hydrogen-bond acceptors (Lipinski definition) is 2. The predicted molar refractivity (Wildman–Crippen MR) is 87.9 cm³/mol. The van der Waals surface area contributed by atoms with Crippen molar-refractivity contribution in [1.82, 2.24) is 4.90 Å². The molecule has 1 heterocycles. The third-order valence-electron chi connectivity index (χ3n) is 5.54. The molecule has 1 aromatic carbocycles. The molecule has 0 bridgehead atoms. The number of hydrogen-bond donors (Lipinski definition) is 1. The molecule has 23 heavy (non-hydrogen) atoms. The number of carboxylic acids is 1. The third kappa shape index (κ3) is 2.99. The molecule has 0 aromatic heterocycles. The van der Waals surface area contributed by atoms with E-state index in [1.165, 1.54) is 11.1 Å². The maximum absolute atomic E-state index is 13.0. The molecule has 1 N–H and O–H groups in total. The number of amides is 1. The van der Waals surface area contributed by atoms with Crippen LogP contribution in [0.2, 0.25) is 0 Å². The van der Waals surface area contributed by atoms with Gasteiger partial charge in [0.2, 0.25) is 5.91 Å². The molecule has 2 aliphatic rings. The first-order valence-corrected chi connectivity index (χ1v) is 8.59. The van der Waals surface area contributed by atoms with Crippen LogP contribution in [0.3, 0.4) is 0 Å². The molecule has 1 aliphatic carbocycles. The Morgan fingerprint density at radius 3 is 2.30 bits per heavy atom. The number of likely N-dealkylation sites (tertiary alicyclic amines) is 1. The van der Waals surface area contributed by atoms with Crippen molar-refractivity contribution in [2.75, 3.05) is 6.54 Å². The van der Waals surface area contributed by atoms with Gasteiger partial charge in [0, 0.05) is 6.54 Å². The van der Waals surface area contributed by atoms with Gasteiger partial charge >= 0.3 is 5.97 Å². The van der Waals surface area contributed by atoms with Gasteiger partial charge in [-0.25, -0.2) is 0 Å². The van der Waals surface area contributed by atoms with E-state index < -0.39 is 11.9 Å². The van der Waals surface area contributed by atoms with Crippen LogP contribution in [0, 0.1) is 24.7 Å². The van der Waals surface area contributed by atoms with Gasteiger partial charge in [0.15, 0.2) is 0 Å². The van der Waals surface area contributed by atoms with Gasteiger partial charge in [-0.1, -0.05) is 36.8 Å². The van der Waals surface area contributed by atoms with Crippen molar-refractivity contribution in [3.05, 3.63) is 35.4 Å². The summed E-state index contributed by atoms with van der Waals surface area (Å²) in [6, 6.07) is 8.47. The van der Waals surface area contributed by atoms with Crippen LogP contribution < -0.4 is 0 Å². The van der Waals surface area contributed by atoms with E-state index >= 15 is 0 Å². The third-order valence-corrected chi connectivity index (χ3v) is 5.54. The molecule has 3 rings (SSSR count). The molecule has 1 amide bonds. The highest BCUT2D eigenvalue weighted by atomic mass is 16.4. The number of rotatable bonds is 3. The van der Waals surface area contributed by atoms with Crippen molar-refractivity contribution in [3.63, 3.8) is 0 Å². The molecule has 0 radical (unpaired) electrons. The fourth-order valence-corrected chi connectivity index (χ4v) is 4.01. The van der Waals surface area contributed by atoms with Crippen molar-refractivity contribution in [3.8, 4) is 0 Å². The van der Waals surface area contributed by atoms with Crippen LogP contribution >= 0.6 is 0 Å². The zero-order chi connectivity index (χ0) is 16.6. The Balaban J connectivity index is 1.84. The van der Waals surface area contributed by atoms with Crippen LogP contribution in [0.5, 0.6) is 0 Å². The van der Waals surface area contributed by atoms with Gasteiger partial charge in [0.1, 0.15) is 0 Å². The molecule has 1 aromatic rings. The summed E-state index contributed by atoms with van der Waals surface area (Å²) >= 11 is 0. The second-order valence-electron chi connectivity index (χ2n) is 7.14. The van der Waals surface area contributed by atoms with E-state index in [0.29, 0.717) is 18.8 Å². The highest BCUT2D eigenvalue weighted by molar-refractivity contribution is 5.86. The van der Waals surface area contributed by atoms with Gasteiger partial charge in [-0.15, -0.1) is 0 Å². The average molecular weight is 315 g/mol. The summed E-state index contributed by atoms with van der Waals surface area (Å²) in [6.07, 6.45) is 3.45. The fraction of sp³-hybridized carbons (Fsp3) is 0.579. The van der Waals surface area contributed by atoms with Gasteiger partial charge in [-0.3, -0.25) is 9.59 Å². The minimum Gasteiger partial charge on any atom is -0.481 e. The molecule has 4 atom stereocenters. The van der Waals surface area contributed by atoms with Gasteiger partial charge < -0.3 is 10.0 Å². The summed E-state index contributed by atoms with van der Waals surface area (Å²) in [5, 5.41) is 9.25. The maximum Gasteiger partial charge on any atom is 0.307 e. The smallest absolute Gasteiger partial charge is 0.307 e. The summed E-state index contributed by atoms with van der Waals surface area (Å²) in [5.74, 6) is -1.20. The molecule has 1 saturated carbocycles. The SMILES string of the molecule is Cc1ccc(C2C(C)CCCN2C(=O)C2CCC2C(=O)O)cc1. The Morgan fingerprint density at radius 2 is 1.74 bits per heavy atom. The topological polar surface area (TPSA) is 57.6 Å². The van der Waals surface area contributed by atoms with E-state index in [1.807, 2.05) is 4.90 Å². The lowest BCUT2D eigenvalue weighted by atomic mass is 9.72. The van der Waals surface area contributed by atoms with Gasteiger partial charge in [-0.05, 0) is 44.1 Å². The van der Waals surface area contributed by atoms with Crippen LogP contribution in [0.15, 0.2) is 24.3 Å². The minimum atomic E-state index is -0.827. The fourth-order valence-electron chi connectivity index (χ4n) is 4.01. The van der Waals surface area contributed by atoms with Crippen LogP contribution in [-0.2, 0) is 9.59 Å². The van der Waals surface area contributed by atoms with Crippen molar-refractivity contribution in [2.45, 2.75) is 45.6 Å². The highest BCUT2D eigenvalue weighted by Gasteiger charge is 2.45. The largest absolute Gasteiger partial charge is 0.481 e. The first-order chi connectivity index (χ1) is 11.0. The van der Waals surface area contributed by atoms with Crippen LogP contribution in [-0.4, -0.2) is 28.4 Å². The molecule has 1 aliphatic heterocycles. The molecular formula is C19H25NO3. The Labute approximate surface area is 137 Å². The normalized spacial score (nSPS) is 30.6. The lowest BCUT2D eigenvalue weighted by molar-refractivity contribution is -0.159. The lowest BCUT2D eigenvalue weighted by Gasteiger charge is -2.44. The van der Waals surface area contributed by atoms with Crippen LogP contribution in [0.4, 0.5) is 0 Å². The molecule has 4 heteroatoms. The van der Waals surface area contributed by atoms with Crippen LogP contribution in [0.25, 0.3) is 0 Å². The molecule has 4 nitrogen and oxygen atoms in total. The Morgan fingerprint density at radius 1 is 1.09 bits per heavy atom. The minimum absolute atomic E-state index is 0.0424. The lowest BCUT2D eigenvalue weighted by Crippen LogP contribution is -2.50. The molecule has 0 spiro atoms.